The molecule has 0 unspecified atom stereocenters. The molecule has 0 aliphatic carbocycles. The predicted octanol–water partition coefficient (Wildman–Crippen LogP) is 2.79. The van der Waals surface area contributed by atoms with Crippen molar-refractivity contribution in [2.24, 2.45) is 0 Å². The zero-order chi connectivity index (χ0) is 20.2. The van der Waals surface area contributed by atoms with Crippen LogP contribution in [0, 0.1) is 0 Å². The van der Waals surface area contributed by atoms with E-state index in [1.807, 2.05) is 18.2 Å². The second kappa shape index (κ2) is 7.93. The van der Waals surface area contributed by atoms with Gasteiger partial charge in [0.1, 0.15) is 12.3 Å². The molecule has 0 saturated heterocycles. The van der Waals surface area contributed by atoms with E-state index in [1.165, 1.54) is 0 Å². The maximum atomic E-state index is 12.3. The van der Waals surface area contributed by atoms with Crippen LogP contribution >= 0.6 is 0 Å². The van der Waals surface area contributed by atoms with Crippen LogP contribution in [-0.4, -0.2) is 34.2 Å². The highest BCUT2D eigenvalue weighted by Gasteiger charge is 2.36. The fourth-order valence-corrected chi connectivity index (χ4v) is 3.03. The van der Waals surface area contributed by atoms with Crippen LogP contribution < -0.4 is 10.1 Å². The van der Waals surface area contributed by atoms with Crippen molar-refractivity contribution < 1.29 is 19.1 Å². The molecule has 29 heavy (non-hydrogen) atoms. The number of hydrogen-bond acceptors (Lipinski definition) is 5. The van der Waals surface area contributed by atoms with Crippen LogP contribution in [0.1, 0.15) is 26.3 Å². The van der Waals surface area contributed by atoms with E-state index in [2.05, 4.69) is 10.3 Å². The summed E-state index contributed by atoms with van der Waals surface area (Å²) < 4.78 is 5.68. The second-order valence-electron chi connectivity index (χ2n) is 6.44. The Morgan fingerprint density at radius 2 is 1.66 bits per heavy atom. The number of aromatic nitrogens is 1. The quantitative estimate of drug-likeness (QED) is 0.657. The van der Waals surface area contributed by atoms with E-state index in [0.29, 0.717) is 22.8 Å². The summed E-state index contributed by atoms with van der Waals surface area (Å²) in [4.78, 5) is 42.0. The number of pyridine rings is 1. The van der Waals surface area contributed by atoms with Crippen LogP contribution in [0.3, 0.4) is 0 Å². The average Bonchev–Trinajstić information content (AvgIpc) is 2.98. The number of amides is 3. The number of hydrogen-bond donors (Lipinski definition) is 1. The lowest BCUT2D eigenvalue weighted by atomic mass is 10.1. The summed E-state index contributed by atoms with van der Waals surface area (Å²) in [7, 11) is 0. The maximum Gasteiger partial charge on any atom is 0.262 e. The highest BCUT2D eigenvalue weighted by Crippen LogP contribution is 2.22. The van der Waals surface area contributed by atoms with Crippen LogP contribution in [0.15, 0.2) is 72.9 Å². The lowest BCUT2D eigenvalue weighted by Crippen LogP contribution is -2.40. The minimum atomic E-state index is -0.452. The number of ether oxygens (including phenoxy) is 1. The Kier molecular flexibility index (Phi) is 5.03. The predicted molar refractivity (Wildman–Crippen MR) is 104 cm³/mol. The van der Waals surface area contributed by atoms with Crippen molar-refractivity contribution in [3.05, 3.63) is 89.6 Å². The molecule has 0 bridgehead atoms. The summed E-state index contributed by atoms with van der Waals surface area (Å²) in [6.45, 7) is -0.0854. The number of carbonyl (C=O) groups excluding carboxylic acids is 3. The Morgan fingerprint density at radius 3 is 2.34 bits per heavy atom. The molecule has 4 rings (SSSR count). The maximum absolute atomic E-state index is 12.3. The van der Waals surface area contributed by atoms with E-state index in [4.69, 9.17) is 4.74 Å². The van der Waals surface area contributed by atoms with Crippen LogP contribution in [-0.2, 0) is 11.3 Å². The molecule has 0 fully saturated rings. The van der Waals surface area contributed by atoms with Crippen molar-refractivity contribution in [2.75, 3.05) is 6.54 Å². The number of rotatable bonds is 6. The van der Waals surface area contributed by atoms with Gasteiger partial charge in [0.2, 0.25) is 11.8 Å². The molecule has 7 heteroatoms. The molecule has 2 heterocycles. The molecule has 1 aliphatic heterocycles. The number of fused-ring (bicyclic) bond motifs is 1. The second-order valence-corrected chi connectivity index (χ2v) is 6.44. The van der Waals surface area contributed by atoms with Crippen LogP contribution in [0.2, 0.25) is 0 Å². The fourth-order valence-electron chi connectivity index (χ4n) is 3.03. The van der Waals surface area contributed by atoms with Crippen molar-refractivity contribution in [1.29, 1.82) is 0 Å². The molecule has 7 nitrogen and oxygen atoms in total. The standard InChI is InChI=1S/C22H17N3O4/c26-19(14-25-21(27)17-8-1-2-9-18(17)22(25)28)24-13-15-6-5-7-16(12-15)29-20-10-3-4-11-23-20/h1-12H,13-14H2,(H,24,26). The zero-order valence-electron chi connectivity index (χ0n) is 15.4. The van der Waals surface area contributed by atoms with Gasteiger partial charge in [-0.05, 0) is 35.9 Å². The van der Waals surface area contributed by atoms with Crippen molar-refractivity contribution in [2.45, 2.75) is 6.54 Å². The van der Waals surface area contributed by atoms with Gasteiger partial charge >= 0.3 is 0 Å². The Morgan fingerprint density at radius 1 is 0.931 bits per heavy atom. The molecule has 0 spiro atoms. The van der Waals surface area contributed by atoms with Gasteiger partial charge in [-0.15, -0.1) is 0 Å². The first-order valence-corrected chi connectivity index (χ1v) is 9.01. The molecular formula is C22H17N3O4. The summed E-state index contributed by atoms with van der Waals surface area (Å²) in [6, 6.07) is 19.1. The molecule has 2 aromatic carbocycles. The van der Waals surface area contributed by atoms with Gasteiger partial charge in [0, 0.05) is 18.8 Å². The van der Waals surface area contributed by atoms with Gasteiger partial charge in [0.05, 0.1) is 11.1 Å². The van der Waals surface area contributed by atoms with Gasteiger partial charge in [0.15, 0.2) is 0 Å². The lowest BCUT2D eigenvalue weighted by molar-refractivity contribution is -0.121. The van der Waals surface area contributed by atoms with Gasteiger partial charge in [-0.2, -0.15) is 0 Å². The van der Waals surface area contributed by atoms with E-state index in [1.54, 1.807) is 54.7 Å². The molecule has 1 N–H and O–H groups in total. The summed E-state index contributed by atoms with van der Waals surface area (Å²) in [5.74, 6) is -0.260. The molecule has 0 atom stereocenters. The van der Waals surface area contributed by atoms with E-state index in [-0.39, 0.29) is 13.1 Å². The first-order valence-electron chi connectivity index (χ1n) is 9.01. The molecule has 0 saturated carbocycles. The molecule has 3 amide bonds. The fraction of sp³-hybridized carbons (Fsp3) is 0.0909. The van der Waals surface area contributed by atoms with Crippen molar-refractivity contribution >= 4 is 17.7 Å². The summed E-state index contributed by atoms with van der Waals surface area (Å²) >= 11 is 0. The molecule has 3 aromatic rings. The van der Waals surface area contributed by atoms with Crippen LogP contribution in [0.4, 0.5) is 0 Å². The Bertz CT molecular complexity index is 1050. The van der Waals surface area contributed by atoms with Crippen molar-refractivity contribution in [3.8, 4) is 11.6 Å². The van der Waals surface area contributed by atoms with Gasteiger partial charge in [-0.1, -0.05) is 30.3 Å². The Hall–Kier alpha value is -4.00. The highest BCUT2D eigenvalue weighted by molar-refractivity contribution is 6.22. The average molecular weight is 387 g/mol. The molecular weight excluding hydrogens is 370 g/mol. The molecule has 0 radical (unpaired) electrons. The lowest BCUT2D eigenvalue weighted by Gasteiger charge is -2.14. The molecule has 144 valence electrons. The van der Waals surface area contributed by atoms with Gasteiger partial charge in [0.25, 0.3) is 11.8 Å². The number of nitrogens with one attached hydrogen (secondary N) is 1. The molecule has 1 aromatic heterocycles. The minimum absolute atomic E-state index is 0.238. The van der Waals surface area contributed by atoms with Crippen molar-refractivity contribution in [1.82, 2.24) is 15.2 Å². The monoisotopic (exact) mass is 387 g/mol. The third-order valence-corrected chi connectivity index (χ3v) is 4.43. The van der Waals surface area contributed by atoms with E-state index in [9.17, 15) is 14.4 Å². The third-order valence-electron chi connectivity index (χ3n) is 4.43. The summed E-state index contributed by atoms with van der Waals surface area (Å²) in [6.07, 6.45) is 1.64. The van der Waals surface area contributed by atoms with Gasteiger partial charge < -0.3 is 10.1 Å². The highest BCUT2D eigenvalue weighted by atomic mass is 16.5. The van der Waals surface area contributed by atoms with Gasteiger partial charge in [-0.25, -0.2) is 4.98 Å². The first-order chi connectivity index (χ1) is 14.1. The summed E-state index contributed by atoms with van der Waals surface area (Å²) in [5.41, 5.74) is 1.46. The van der Waals surface area contributed by atoms with E-state index in [0.717, 1.165) is 10.5 Å². The number of benzene rings is 2. The zero-order valence-corrected chi connectivity index (χ0v) is 15.4. The van der Waals surface area contributed by atoms with Gasteiger partial charge in [-0.3, -0.25) is 19.3 Å². The number of imide groups is 1. The van der Waals surface area contributed by atoms with E-state index < -0.39 is 17.7 Å². The van der Waals surface area contributed by atoms with Crippen LogP contribution in [0.5, 0.6) is 11.6 Å². The Labute approximate surface area is 166 Å². The first kappa shape index (κ1) is 18.4. The third kappa shape index (κ3) is 3.98. The summed E-state index contributed by atoms with van der Waals surface area (Å²) in [5, 5.41) is 2.73. The smallest absolute Gasteiger partial charge is 0.262 e. The largest absolute Gasteiger partial charge is 0.439 e. The Balaban J connectivity index is 1.35. The normalized spacial score (nSPS) is 12.6. The van der Waals surface area contributed by atoms with Crippen molar-refractivity contribution in [3.63, 3.8) is 0 Å². The van der Waals surface area contributed by atoms with Crippen LogP contribution in [0.25, 0.3) is 0 Å². The number of nitrogens with zero attached hydrogens (tertiary/aromatic N) is 2. The van der Waals surface area contributed by atoms with E-state index >= 15 is 0 Å². The SMILES string of the molecule is O=C(CN1C(=O)c2ccccc2C1=O)NCc1cccc(Oc2ccccn2)c1. The molecule has 1 aliphatic rings. The number of carbonyl (C=O) groups is 3. The topological polar surface area (TPSA) is 88.6 Å². The minimum Gasteiger partial charge on any atom is -0.439 e.